The molecule has 1 aromatic carbocycles. The molecule has 2 N–H and O–H groups in total. The van der Waals surface area contributed by atoms with Crippen LogP contribution in [0.25, 0.3) is 0 Å². The quantitative estimate of drug-likeness (QED) is 0.830. The minimum atomic E-state index is -0.286. The second-order valence-electron chi connectivity index (χ2n) is 3.27. The molecule has 0 aliphatic heterocycles. The van der Waals surface area contributed by atoms with E-state index in [0.29, 0.717) is 5.75 Å². The lowest BCUT2D eigenvalue weighted by Crippen LogP contribution is -2.13. The first kappa shape index (κ1) is 11.9. The lowest BCUT2D eigenvalue weighted by molar-refractivity contribution is -0.115. The number of hydrogen-bond donors (Lipinski definition) is 1. The van der Waals surface area contributed by atoms with Gasteiger partial charge in [-0.05, 0) is 13.0 Å². The van der Waals surface area contributed by atoms with Gasteiger partial charge in [0.25, 0.3) is 0 Å². The fourth-order valence-electron chi connectivity index (χ4n) is 1.28. The largest absolute Gasteiger partial charge is 0.496 e. The maximum Gasteiger partial charge on any atom is 0.227 e. The monoisotopic (exact) mass is 225 g/mol. The number of ether oxygens (including phenoxy) is 1. The molecule has 4 heteroatoms. The average molecular weight is 225 g/mol. The minimum absolute atomic E-state index is 0.286. The summed E-state index contributed by atoms with van der Waals surface area (Å²) in [6, 6.07) is 6.00. The van der Waals surface area contributed by atoms with E-state index in [1.165, 1.54) is 17.3 Å². The number of carbonyl (C=O) groups is 1. The Morgan fingerprint density at radius 1 is 1.53 bits per heavy atom. The molecule has 1 amide bonds. The summed E-state index contributed by atoms with van der Waals surface area (Å²) in [7, 11) is 1.65. The molecule has 0 fully saturated rings. The number of nitrogens with two attached hydrogens (primary N) is 1. The molecular weight excluding hydrogens is 210 g/mol. The van der Waals surface area contributed by atoms with Crippen LogP contribution >= 0.6 is 11.8 Å². The van der Waals surface area contributed by atoms with Gasteiger partial charge in [-0.3, -0.25) is 4.79 Å². The van der Waals surface area contributed by atoms with Gasteiger partial charge < -0.3 is 10.5 Å². The molecule has 0 heterocycles. The Labute approximate surface area is 94.0 Å². The summed E-state index contributed by atoms with van der Waals surface area (Å²) < 4.78 is 5.23. The molecule has 3 nitrogen and oxygen atoms in total. The average Bonchev–Trinajstić information content (AvgIpc) is 2.17. The molecule has 0 spiro atoms. The molecule has 0 bridgehead atoms. The smallest absolute Gasteiger partial charge is 0.227 e. The number of methoxy groups -OCH3 is 1. The standard InChI is InChI=1S/C11H15NO2S/c1-8-3-4-10(14-2)9(5-8)6-15-7-11(12)13/h3-5H,6-7H2,1-2H3,(H2,12,13). The van der Waals surface area contributed by atoms with Crippen LogP contribution in [0.1, 0.15) is 11.1 Å². The van der Waals surface area contributed by atoms with Crippen LogP contribution in [0.4, 0.5) is 0 Å². The second-order valence-corrected chi connectivity index (χ2v) is 4.26. The van der Waals surface area contributed by atoms with Crippen molar-refractivity contribution >= 4 is 17.7 Å². The Hall–Kier alpha value is -1.16. The summed E-state index contributed by atoms with van der Waals surface area (Å²) in [6.07, 6.45) is 0. The molecule has 0 unspecified atom stereocenters. The number of benzene rings is 1. The van der Waals surface area contributed by atoms with Crippen molar-refractivity contribution in [2.24, 2.45) is 5.73 Å². The van der Waals surface area contributed by atoms with E-state index in [4.69, 9.17) is 10.5 Å². The number of hydrogen-bond acceptors (Lipinski definition) is 3. The molecular formula is C11H15NO2S. The number of rotatable bonds is 5. The fraction of sp³-hybridized carbons (Fsp3) is 0.364. The molecule has 0 radical (unpaired) electrons. The van der Waals surface area contributed by atoms with Gasteiger partial charge in [-0.15, -0.1) is 11.8 Å². The molecule has 0 atom stereocenters. The second kappa shape index (κ2) is 5.66. The highest BCUT2D eigenvalue weighted by Crippen LogP contribution is 2.24. The first-order valence-electron chi connectivity index (χ1n) is 4.63. The Kier molecular flexibility index (Phi) is 4.49. The highest BCUT2D eigenvalue weighted by Gasteiger charge is 2.04. The van der Waals surface area contributed by atoms with E-state index in [1.807, 2.05) is 19.1 Å². The van der Waals surface area contributed by atoms with E-state index in [0.717, 1.165) is 17.1 Å². The van der Waals surface area contributed by atoms with Crippen LogP contribution in [-0.4, -0.2) is 18.8 Å². The van der Waals surface area contributed by atoms with Gasteiger partial charge in [-0.2, -0.15) is 0 Å². The van der Waals surface area contributed by atoms with Crippen LogP contribution in [0.3, 0.4) is 0 Å². The topological polar surface area (TPSA) is 52.3 Å². The van der Waals surface area contributed by atoms with E-state index < -0.39 is 0 Å². The first-order valence-corrected chi connectivity index (χ1v) is 5.78. The van der Waals surface area contributed by atoms with Crippen molar-refractivity contribution in [1.29, 1.82) is 0 Å². The maximum absolute atomic E-state index is 10.6. The van der Waals surface area contributed by atoms with Crippen LogP contribution < -0.4 is 10.5 Å². The number of carbonyl (C=O) groups excluding carboxylic acids is 1. The summed E-state index contributed by atoms with van der Waals surface area (Å²) in [5, 5.41) is 0. The number of primary amides is 1. The number of amides is 1. The van der Waals surface area contributed by atoms with Gasteiger partial charge in [0.05, 0.1) is 12.9 Å². The molecule has 0 saturated carbocycles. The van der Waals surface area contributed by atoms with Crippen molar-refractivity contribution < 1.29 is 9.53 Å². The molecule has 82 valence electrons. The Morgan fingerprint density at radius 3 is 2.87 bits per heavy atom. The molecule has 1 aromatic rings. The molecule has 15 heavy (non-hydrogen) atoms. The summed E-state index contributed by atoms with van der Waals surface area (Å²) in [5.74, 6) is 1.66. The van der Waals surface area contributed by atoms with E-state index in [2.05, 4.69) is 6.07 Å². The van der Waals surface area contributed by atoms with Crippen molar-refractivity contribution in [3.63, 3.8) is 0 Å². The molecule has 0 aliphatic carbocycles. The van der Waals surface area contributed by atoms with Crippen molar-refractivity contribution in [1.82, 2.24) is 0 Å². The summed E-state index contributed by atoms with van der Waals surface area (Å²) in [6.45, 7) is 2.03. The molecule has 0 aromatic heterocycles. The van der Waals surface area contributed by atoms with Crippen LogP contribution in [0.15, 0.2) is 18.2 Å². The van der Waals surface area contributed by atoms with Crippen LogP contribution in [0, 0.1) is 6.92 Å². The van der Waals surface area contributed by atoms with Gasteiger partial charge >= 0.3 is 0 Å². The van der Waals surface area contributed by atoms with Crippen molar-refractivity contribution in [2.45, 2.75) is 12.7 Å². The van der Waals surface area contributed by atoms with Crippen LogP contribution in [0.2, 0.25) is 0 Å². The van der Waals surface area contributed by atoms with Crippen molar-refractivity contribution in [3.05, 3.63) is 29.3 Å². The van der Waals surface area contributed by atoms with Crippen LogP contribution in [0.5, 0.6) is 5.75 Å². The highest BCUT2D eigenvalue weighted by atomic mass is 32.2. The van der Waals surface area contributed by atoms with Gasteiger partial charge in [-0.25, -0.2) is 0 Å². The van der Waals surface area contributed by atoms with E-state index in [1.54, 1.807) is 7.11 Å². The molecule has 0 saturated heterocycles. The van der Waals surface area contributed by atoms with Crippen molar-refractivity contribution in [2.75, 3.05) is 12.9 Å². The predicted molar refractivity (Wildman–Crippen MR) is 63.1 cm³/mol. The van der Waals surface area contributed by atoms with Gasteiger partial charge in [0, 0.05) is 11.3 Å². The predicted octanol–water partition coefficient (Wildman–Crippen LogP) is 1.72. The third-order valence-corrected chi connectivity index (χ3v) is 2.94. The zero-order valence-electron chi connectivity index (χ0n) is 8.95. The van der Waals surface area contributed by atoms with Gasteiger partial charge in [0.2, 0.25) is 5.91 Å². The maximum atomic E-state index is 10.6. The normalized spacial score (nSPS) is 10.0. The van der Waals surface area contributed by atoms with Gasteiger partial charge in [0.1, 0.15) is 5.75 Å². The Bertz CT molecular complexity index is 352. The van der Waals surface area contributed by atoms with Crippen LogP contribution in [-0.2, 0) is 10.5 Å². The minimum Gasteiger partial charge on any atom is -0.496 e. The van der Waals surface area contributed by atoms with Crippen molar-refractivity contribution in [3.8, 4) is 5.75 Å². The van der Waals surface area contributed by atoms with Gasteiger partial charge in [-0.1, -0.05) is 17.7 Å². The summed E-state index contributed by atoms with van der Waals surface area (Å²) >= 11 is 1.50. The third kappa shape index (κ3) is 3.83. The zero-order valence-corrected chi connectivity index (χ0v) is 9.76. The lowest BCUT2D eigenvalue weighted by atomic mass is 10.1. The van der Waals surface area contributed by atoms with E-state index >= 15 is 0 Å². The van der Waals surface area contributed by atoms with E-state index in [-0.39, 0.29) is 5.91 Å². The Morgan fingerprint density at radius 2 is 2.27 bits per heavy atom. The number of thioether (sulfide) groups is 1. The zero-order chi connectivity index (χ0) is 11.3. The van der Waals surface area contributed by atoms with Gasteiger partial charge in [0.15, 0.2) is 0 Å². The summed E-state index contributed by atoms with van der Waals surface area (Å²) in [4.78, 5) is 10.6. The lowest BCUT2D eigenvalue weighted by Gasteiger charge is -2.08. The fourth-order valence-corrected chi connectivity index (χ4v) is 2.03. The number of aryl methyl sites for hydroxylation is 1. The van der Waals surface area contributed by atoms with E-state index in [9.17, 15) is 4.79 Å². The first-order chi connectivity index (χ1) is 7.13. The third-order valence-electron chi connectivity index (χ3n) is 1.94. The highest BCUT2D eigenvalue weighted by molar-refractivity contribution is 7.99. The molecule has 0 aliphatic rings. The summed E-state index contributed by atoms with van der Waals surface area (Å²) in [5.41, 5.74) is 7.35. The molecule has 1 rings (SSSR count). The SMILES string of the molecule is COc1ccc(C)cc1CSCC(N)=O. The Balaban J connectivity index is 2.65.